The zero-order valence-corrected chi connectivity index (χ0v) is 5.18. The average Bonchev–Trinajstić information content (AvgIpc) is 1.33. The van der Waals surface area contributed by atoms with Crippen LogP contribution in [0.1, 0.15) is 20.8 Å². The zero-order chi connectivity index (χ0) is 6.28. The first kappa shape index (κ1) is 10.1. The van der Waals surface area contributed by atoms with Gasteiger partial charge in [0.05, 0.1) is 0 Å². The Labute approximate surface area is 45.5 Å². The number of hydrogen-bond donors (Lipinski definition) is 2. The van der Waals surface area contributed by atoms with Gasteiger partial charge in [-0.2, -0.15) is 0 Å². The third-order valence-corrected chi connectivity index (χ3v) is 0. The molecule has 0 saturated heterocycles. The van der Waals surface area contributed by atoms with Crippen molar-refractivity contribution in [3.05, 3.63) is 0 Å². The summed E-state index contributed by atoms with van der Waals surface area (Å²) in [7, 11) is -0.750. The van der Waals surface area contributed by atoms with E-state index < -0.39 is 7.69 Å². The predicted octanol–water partition coefficient (Wildman–Crippen LogP) is -0.100. The van der Waals surface area contributed by atoms with E-state index in [2.05, 4.69) is 20.8 Å². The van der Waals surface area contributed by atoms with Crippen molar-refractivity contribution in [3.8, 4) is 0 Å². The normalized spacial score (nSPS) is 7.14. The molecule has 7 heavy (non-hydrogen) atoms. The van der Waals surface area contributed by atoms with Crippen molar-refractivity contribution in [2.75, 3.05) is 0 Å². The fraction of sp³-hybridized carbons (Fsp3) is 1.00. The third-order valence-electron chi connectivity index (χ3n) is 0. The van der Waals surface area contributed by atoms with Gasteiger partial charge in [-0.25, -0.2) is 0 Å². The Bertz CT molecular complexity index is 20.9. The van der Waals surface area contributed by atoms with Crippen molar-refractivity contribution in [2.24, 2.45) is 5.92 Å². The van der Waals surface area contributed by atoms with E-state index in [4.69, 9.17) is 10.0 Å². The van der Waals surface area contributed by atoms with E-state index in [0.717, 1.165) is 5.92 Å². The first-order chi connectivity index (χ1) is 3.15. The molecule has 0 rings (SSSR count). The summed E-state index contributed by atoms with van der Waals surface area (Å²) in [6, 6.07) is 0. The summed E-state index contributed by atoms with van der Waals surface area (Å²) in [5.74, 6) is 0.833. The molecule has 0 bridgehead atoms. The topological polar surface area (TPSA) is 40.5 Å². The minimum absolute atomic E-state index is 0.750. The van der Waals surface area contributed by atoms with Gasteiger partial charge < -0.3 is 10.0 Å². The van der Waals surface area contributed by atoms with Gasteiger partial charge in [-0.05, 0) is 5.92 Å². The fourth-order valence-electron chi connectivity index (χ4n) is 0. The Hall–Kier alpha value is -0.0151. The Kier molecular flexibility index (Phi) is 13.5. The largest absolute Gasteiger partial charge is 0.432 e. The molecule has 0 aliphatic carbocycles. The molecule has 3 heteroatoms. The molecule has 0 radical (unpaired) electrons. The molecular weight excluding hydrogens is 90.9 g/mol. The van der Waals surface area contributed by atoms with Crippen molar-refractivity contribution >= 4 is 7.69 Å². The summed E-state index contributed by atoms with van der Waals surface area (Å²) >= 11 is 0. The first-order valence-corrected chi connectivity index (χ1v) is 2.36. The minimum Gasteiger partial charge on any atom is -0.430 e. The van der Waals surface area contributed by atoms with Gasteiger partial charge in [0.25, 0.3) is 0 Å². The SMILES string of the molecule is CC(C)C.OBO. The molecular formula is C4H13BO2. The van der Waals surface area contributed by atoms with Gasteiger partial charge in [-0.1, -0.05) is 20.8 Å². The summed E-state index contributed by atoms with van der Waals surface area (Å²) < 4.78 is 0. The van der Waals surface area contributed by atoms with Gasteiger partial charge in [-0.15, -0.1) is 0 Å². The molecule has 0 aromatic carbocycles. The molecule has 0 aromatic rings. The highest BCUT2D eigenvalue weighted by Gasteiger charge is 1.68. The predicted molar refractivity (Wildman–Crippen MR) is 32.1 cm³/mol. The van der Waals surface area contributed by atoms with Crippen LogP contribution in [-0.2, 0) is 0 Å². The second-order valence-corrected chi connectivity index (χ2v) is 1.87. The second-order valence-electron chi connectivity index (χ2n) is 1.87. The lowest BCUT2D eigenvalue weighted by molar-refractivity contribution is 0.448. The van der Waals surface area contributed by atoms with E-state index in [0.29, 0.717) is 0 Å². The van der Waals surface area contributed by atoms with Gasteiger partial charge in [-0.3, -0.25) is 0 Å². The van der Waals surface area contributed by atoms with Gasteiger partial charge in [0.1, 0.15) is 0 Å². The summed E-state index contributed by atoms with van der Waals surface area (Å²) in [5, 5.41) is 14.2. The van der Waals surface area contributed by atoms with E-state index in [1.54, 1.807) is 0 Å². The van der Waals surface area contributed by atoms with Crippen LogP contribution in [0.25, 0.3) is 0 Å². The van der Waals surface area contributed by atoms with E-state index in [-0.39, 0.29) is 0 Å². The van der Waals surface area contributed by atoms with Crippen molar-refractivity contribution in [2.45, 2.75) is 20.8 Å². The highest BCUT2D eigenvalue weighted by Crippen LogP contribution is 1.81. The summed E-state index contributed by atoms with van der Waals surface area (Å²) in [5.41, 5.74) is 0. The quantitative estimate of drug-likeness (QED) is 0.421. The van der Waals surface area contributed by atoms with E-state index in [1.165, 1.54) is 0 Å². The van der Waals surface area contributed by atoms with Gasteiger partial charge in [0, 0.05) is 0 Å². The molecule has 2 nitrogen and oxygen atoms in total. The second kappa shape index (κ2) is 9.37. The molecule has 0 saturated carbocycles. The molecule has 0 aliphatic rings. The first-order valence-electron chi connectivity index (χ1n) is 2.36. The monoisotopic (exact) mass is 104 g/mol. The molecule has 0 amide bonds. The van der Waals surface area contributed by atoms with Crippen LogP contribution in [0.4, 0.5) is 0 Å². The van der Waals surface area contributed by atoms with Crippen LogP contribution in [-0.4, -0.2) is 17.7 Å². The number of rotatable bonds is 0. The maximum atomic E-state index is 7.12. The molecule has 0 atom stereocenters. The molecule has 2 N–H and O–H groups in total. The van der Waals surface area contributed by atoms with E-state index in [1.807, 2.05) is 0 Å². The summed E-state index contributed by atoms with van der Waals surface area (Å²) in [6.07, 6.45) is 0. The van der Waals surface area contributed by atoms with Crippen LogP contribution in [0.5, 0.6) is 0 Å². The molecule has 0 spiro atoms. The summed E-state index contributed by atoms with van der Waals surface area (Å²) in [4.78, 5) is 0. The van der Waals surface area contributed by atoms with Crippen molar-refractivity contribution in [1.29, 1.82) is 0 Å². The molecule has 44 valence electrons. The highest BCUT2D eigenvalue weighted by molar-refractivity contribution is 6.13. The Morgan fingerprint density at radius 2 is 1.14 bits per heavy atom. The maximum Gasteiger partial charge on any atom is 0.432 e. The van der Waals surface area contributed by atoms with Gasteiger partial charge in [0.15, 0.2) is 0 Å². The maximum absolute atomic E-state index is 7.12. The van der Waals surface area contributed by atoms with Gasteiger partial charge >= 0.3 is 7.69 Å². The molecule has 0 unspecified atom stereocenters. The lowest BCUT2D eigenvalue weighted by Gasteiger charge is -1.79. The van der Waals surface area contributed by atoms with Crippen LogP contribution >= 0.6 is 0 Å². The van der Waals surface area contributed by atoms with Crippen LogP contribution < -0.4 is 0 Å². The fourth-order valence-corrected chi connectivity index (χ4v) is 0. The minimum atomic E-state index is -0.750. The lowest BCUT2D eigenvalue weighted by Crippen LogP contribution is -1.75. The average molecular weight is 104 g/mol. The third kappa shape index (κ3) is 419000. The summed E-state index contributed by atoms with van der Waals surface area (Å²) in [6.45, 7) is 6.50. The van der Waals surface area contributed by atoms with Crippen LogP contribution in [0.3, 0.4) is 0 Å². The lowest BCUT2D eigenvalue weighted by atomic mass is 10.3. The molecule has 0 aliphatic heterocycles. The van der Waals surface area contributed by atoms with E-state index >= 15 is 0 Å². The van der Waals surface area contributed by atoms with Crippen LogP contribution in [0, 0.1) is 5.92 Å². The molecule has 0 heterocycles. The molecule has 0 fully saturated rings. The van der Waals surface area contributed by atoms with Crippen LogP contribution in [0.15, 0.2) is 0 Å². The smallest absolute Gasteiger partial charge is 0.430 e. The van der Waals surface area contributed by atoms with Gasteiger partial charge in [0.2, 0.25) is 0 Å². The Morgan fingerprint density at radius 1 is 1.14 bits per heavy atom. The Balaban J connectivity index is 0. The zero-order valence-electron chi connectivity index (χ0n) is 5.18. The van der Waals surface area contributed by atoms with Crippen LogP contribution in [0.2, 0.25) is 0 Å². The van der Waals surface area contributed by atoms with Crippen molar-refractivity contribution in [3.63, 3.8) is 0 Å². The van der Waals surface area contributed by atoms with Crippen molar-refractivity contribution < 1.29 is 10.0 Å². The van der Waals surface area contributed by atoms with E-state index in [9.17, 15) is 0 Å². The highest BCUT2D eigenvalue weighted by atomic mass is 16.4. The standard InChI is InChI=1S/C4H10.BH3O2/c1-4(2)3;2-1-3/h4H,1-3H3;1-3H. The number of hydrogen-bond acceptors (Lipinski definition) is 2. The Morgan fingerprint density at radius 3 is 1.14 bits per heavy atom. The molecule has 0 aromatic heterocycles. The van der Waals surface area contributed by atoms with Crippen molar-refractivity contribution in [1.82, 2.24) is 0 Å².